The molecule has 0 saturated carbocycles. The third kappa shape index (κ3) is 3.25. The molecule has 2 aromatic carbocycles. The van der Waals surface area contributed by atoms with E-state index in [1.54, 1.807) is 0 Å². The first kappa shape index (κ1) is 14.5. The molecule has 3 heteroatoms. The molecule has 0 amide bonds. The summed E-state index contributed by atoms with van der Waals surface area (Å²) in [6.07, 6.45) is 2.08. The Kier molecular flexibility index (Phi) is 4.52. The van der Waals surface area contributed by atoms with Crippen LogP contribution in [0.2, 0.25) is 5.32 Å². The van der Waals surface area contributed by atoms with E-state index in [1.165, 1.54) is 10.0 Å². The van der Waals surface area contributed by atoms with E-state index in [2.05, 4.69) is 77.8 Å². The summed E-state index contributed by atoms with van der Waals surface area (Å²) in [4.78, 5) is 0. The summed E-state index contributed by atoms with van der Waals surface area (Å²) >= 11 is 0.492. The maximum absolute atomic E-state index is 4.68. The first-order chi connectivity index (χ1) is 10.3. The van der Waals surface area contributed by atoms with Crippen molar-refractivity contribution in [2.45, 2.75) is 36.7 Å². The van der Waals surface area contributed by atoms with Crippen molar-refractivity contribution in [1.29, 1.82) is 0 Å². The van der Waals surface area contributed by atoms with Gasteiger partial charge in [0.15, 0.2) is 0 Å². The van der Waals surface area contributed by atoms with E-state index >= 15 is 0 Å². The average molecular weight is 343 g/mol. The van der Waals surface area contributed by atoms with Crippen LogP contribution in [0.5, 0.6) is 0 Å². The molecule has 21 heavy (non-hydrogen) atoms. The Morgan fingerprint density at radius 3 is 2.38 bits per heavy atom. The Morgan fingerprint density at radius 2 is 1.71 bits per heavy atom. The zero-order valence-electron chi connectivity index (χ0n) is 12.3. The topological polar surface area (TPSA) is 24.7 Å². The molecule has 2 aromatic rings. The van der Waals surface area contributed by atoms with Gasteiger partial charge in [0.05, 0.1) is 0 Å². The number of benzene rings is 2. The van der Waals surface area contributed by atoms with E-state index in [9.17, 15) is 0 Å². The van der Waals surface area contributed by atoms with E-state index in [0.29, 0.717) is 21.0 Å². The predicted molar refractivity (Wildman–Crippen MR) is 88.3 cm³/mol. The van der Waals surface area contributed by atoms with Gasteiger partial charge < -0.3 is 0 Å². The molecule has 0 saturated heterocycles. The van der Waals surface area contributed by atoms with E-state index in [1.807, 2.05) is 0 Å². The minimum atomic E-state index is -0.0846. The van der Waals surface area contributed by atoms with Gasteiger partial charge in [-0.15, -0.1) is 0 Å². The third-order valence-corrected chi connectivity index (χ3v) is 6.49. The average Bonchev–Trinajstić information content (AvgIpc) is 3.00. The normalized spacial score (nSPS) is 24.3. The van der Waals surface area contributed by atoms with Crippen molar-refractivity contribution in [1.82, 2.24) is 0 Å². The van der Waals surface area contributed by atoms with Crippen LogP contribution in [-0.2, 0) is 5.54 Å². The third-order valence-electron chi connectivity index (χ3n) is 4.07. The van der Waals surface area contributed by atoms with Crippen molar-refractivity contribution in [3.63, 3.8) is 0 Å². The number of hydrogen-bond donors (Lipinski definition) is 0. The van der Waals surface area contributed by atoms with E-state index < -0.39 is 0 Å². The van der Waals surface area contributed by atoms with Crippen LogP contribution < -0.4 is 4.46 Å². The Labute approximate surface area is 132 Å². The van der Waals surface area contributed by atoms with Crippen molar-refractivity contribution in [2.75, 3.05) is 0 Å². The first-order valence-corrected chi connectivity index (χ1v) is 9.54. The Balaban J connectivity index is 1.66. The molecule has 1 aliphatic rings. The number of rotatable bonds is 5. The van der Waals surface area contributed by atoms with Crippen LogP contribution >= 0.6 is 0 Å². The summed E-state index contributed by atoms with van der Waals surface area (Å²) in [5, 5.41) is 10.4. The van der Waals surface area contributed by atoms with E-state index in [-0.39, 0.29) is 5.54 Å². The van der Waals surface area contributed by atoms with Gasteiger partial charge in [-0.2, -0.15) is 0 Å². The zero-order valence-corrected chi connectivity index (χ0v) is 14.0. The van der Waals surface area contributed by atoms with Crippen LogP contribution in [-0.4, -0.2) is 21.0 Å². The van der Waals surface area contributed by atoms with Crippen LogP contribution in [0.1, 0.15) is 25.3 Å². The second kappa shape index (κ2) is 6.55. The van der Waals surface area contributed by atoms with Gasteiger partial charge in [0.2, 0.25) is 0 Å². The van der Waals surface area contributed by atoms with Crippen LogP contribution in [0, 0.1) is 0 Å². The molecule has 0 N–H and O–H groups in total. The molecule has 1 aliphatic heterocycles. The predicted octanol–water partition coefficient (Wildman–Crippen LogP) is 3.96. The van der Waals surface area contributed by atoms with Crippen LogP contribution in [0.15, 0.2) is 70.9 Å². The van der Waals surface area contributed by atoms with Gasteiger partial charge in [-0.25, -0.2) is 0 Å². The van der Waals surface area contributed by atoms with Crippen LogP contribution in [0.3, 0.4) is 0 Å². The van der Waals surface area contributed by atoms with Crippen molar-refractivity contribution in [3.8, 4) is 0 Å². The summed E-state index contributed by atoms with van der Waals surface area (Å²) in [6.45, 7) is 2.22. The minimum absolute atomic E-state index is 0.0846. The number of azo groups is 1. The van der Waals surface area contributed by atoms with Gasteiger partial charge in [-0.3, -0.25) is 0 Å². The summed E-state index contributed by atoms with van der Waals surface area (Å²) in [5.41, 5.74) is 1.23. The van der Waals surface area contributed by atoms with Crippen molar-refractivity contribution in [2.24, 2.45) is 10.2 Å². The van der Waals surface area contributed by atoms with Crippen molar-refractivity contribution >= 4 is 19.4 Å². The molecule has 0 radical (unpaired) electrons. The van der Waals surface area contributed by atoms with Gasteiger partial charge >= 0.3 is 133 Å². The zero-order chi connectivity index (χ0) is 14.5. The van der Waals surface area contributed by atoms with Crippen molar-refractivity contribution < 1.29 is 0 Å². The molecule has 108 valence electrons. The molecule has 0 aliphatic carbocycles. The fourth-order valence-electron chi connectivity index (χ4n) is 2.81. The van der Waals surface area contributed by atoms with Crippen LogP contribution in [0.4, 0.5) is 0 Å². The molecule has 0 fully saturated rings. The van der Waals surface area contributed by atoms with Gasteiger partial charge in [0.25, 0.3) is 0 Å². The standard InChI is InChI=1S/C18H20N2Se/c1-2-18(15-9-5-3-6-10-15)13-16(19-20-18)14-21-17-11-7-4-8-12-17/h3-12,16H,2,13-14H2,1H3. The molecule has 0 bridgehead atoms. The Hall–Kier alpha value is -1.44. The SMILES string of the molecule is CCC1(c2ccccc2)CC(C[Se]c2ccccc2)N=N1. The molecule has 0 spiro atoms. The molecule has 2 unspecified atom stereocenters. The maximum atomic E-state index is 4.68. The second-order valence-corrected chi connectivity index (χ2v) is 7.74. The second-order valence-electron chi connectivity index (χ2n) is 5.45. The summed E-state index contributed by atoms with van der Waals surface area (Å²) in [6, 6.07) is 21.8. The van der Waals surface area contributed by atoms with Gasteiger partial charge in [-0.05, 0) is 0 Å². The Bertz CT molecular complexity index is 597. The molecule has 2 atom stereocenters. The summed E-state index contributed by atoms with van der Waals surface area (Å²) in [5.74, 6) is 0. The number of nitrogens with zero attached hydrogens (tertiary/aromatic N) is 2. The summed E-state index contributed by atoms with van der Waals surface area (Å²) < 4.78 is 1.45. The fraction of sp³-hybridized carbons (Fsp3) is 0.333. The first-order valence-electron chi connectivity index (χ1n) is 7.48. The summed E-state index contributed by atoms with van der Waals surface area (Å²) in [7, 11) is 0. The van der Waals surface area contributed by atoms with Crippen molar-refractivity contribution in [3.05, 3.63) is 66.2 Å². The Morgan fingerprint density at radius 1 is 1.05 bits per heavy atom. The van der Waals surface area contributed by atoms with Crippen LogP contribution in [0.25, 0.3) is 0 Å². The van der Waals surface area contributed by atoms with E-state index in [4.69, 9.17) is 0 Å². The van der Waals surface area contributed by atoms with Gasteiger partial charge in [0.1, 0.15) is 0 Å². The molecule has 0 aromatic heterocycles. The quantitative estimate of drug-likeness (QED) is 0.734. The molecule has 1 heterocycles. The number of hydrogen-bond acceptors (Lipinski definition) is 2. The molecule has 2 nitrogen and oxygen atoms in total. The monoisotopic (exact) mass is 344 g/mol. The van der Waals surface area contributed by atoms with E-state index in [0.717, 1.165) is 18.2 Å². The fourth-order valence-corrected chi connectivity index (χ4v) is 4.74. The molecular formula is C18H20N2Se. The van der Waals surface area contributed by atoms with Gasteiger partial charge in [0, 0.05) is 0 Å². The van der Waals surface area contributed by atoms with Gasteiger partial charge in [-0.1, -0.05) is 0 Å². The molecular weight excluding hydrogens is 323 g/mol. The molecule has 3 rings (SSSR count).